The van der Waals surface area contributed by atoms with Gasteiger partial charge in [-0.2, -0.15) is 4.31 Å². The summed E-state index contributed by atoms with van der Waals surface area (Å²) in [5.41, 5.74) is 1.68. The molecule has 0 aliphatic rings. The van der Waals surface area contributed by atoms with Crippen molar-refractivity contribution in [3.05, 3.63) is 99.5 Å². The number of rotatable bonds is 11. The van der Waals surface area contributed by atoms with Gasteiger partial charge in [0.1, 0.15) is 6.04 Å². The first-order valence-electron chi connectivity index (χ1n) is 12.1. The van der Waals surface area contributed by atoms with Gasteiger partial charge in [0, 0.05) is 35.6 Å². The zero-order valence-corrected chi connectivity index (χ0v) is 24.6. The van der Waals surface area contributed by atoms with Crippen LogP contribution in [0.4, 0.5) is 0 Å². The van der Waals surface area contributed by atoms with E-state index in [-0.39, 0.29) is 29.8 Å². The van der Waals surface area contributed by atoms with Crippen molar-refractivity contribution in [2.75, 3.05) is 13.6 Å². The van der Waals surface area contributed by atoms with E-state index in [2.05, 4.69) is 21.2 Å². The molecule has 1 N–H and O–H groups in total. The largest absolute Gasteiger partial charge is 0.352 e. The fourth-order valence-corrected chi connectivity index (χ4v) is 5.61. The Kier molecular flexibility index (Phi) is 10.5. The first-order chi connectivity index (χ1) is 18.0. The molecule has 0 saturated carbocycles. The van der Waals surface area contributed by atoms with Crippen LogP contribution in [-0.2, 0) is 32.6 Å². The second-order valence-electron chi connectivity index (χ2n) is 9.24. The van der Waals surface area contributed by atoms with E-state index in [1.165, 1.54) is 36.2 Å². The Labute approximate surface area is 238 Å². The van der Waals surface area contributed by atoms with Gasteiger partial charge in [0.15, 0.2) is 0 Å². The second-order valence-corrected chi connectivity index (χ2v) is 12.6. The van der Waals surface area contributed by atoms with Crippen LogP contribution >= 0.6 is 27.5 Å². The van der Waals surface area contributed by atoms with Crippen molar-refractivity contribution in [3.8, 4) is 0 Å². The van der Waals surface area contributed by atoms with Gasteiger partial charge in [-0.3, -0.25) is 9.59 Å². The number of nitrogens with one attached hydrogen (secondary N) is 1. The van der Waals surface area contributed by atoms with Gasteiger partial charge in [0.2, 0.25) is 21.8 Å². The van der Waals surface area contributed by atoms with Crippen molar-refractivity contribution in [2.45, 2.75) is 43.8 Å². The molecule has 0 spiro atoms. The number of sulfonamides is 1. The maximum atomic E-state index is 13.8. The van der Waals surface area contributed by atoms with Crippen molar-refractivity contribution in [1.82, 2.24) is 14.5 Å². The number of likely N-dealkylation sites (N-methyl/N-ethyl adjacent to an activating group) is 1. The molecule has 0 heterocycles. The number of halogens is 2. The van der Waals surface area contributed by atoms with E-state index in [0.717, 1.165) is 19.9 Å². The molecule has 0 aliphatic carbocycles. The fraction of sp³-hybridized carbons (Fsp3) is 0.286. The summed E-state index contributed by atoms with van der Waals surface area (Å²) in [7, 11) is -2.62. The zero-order valence-electron chi connectivity index (χ0n) is 21.5. The lowest BCUT2D eigenvalue weighted by atomic mass is 10.0. The lowest BCUT2D eigenvalue weighted by molar-refractivity contribution is -0.141. The molecule has 0 aliphatic heterocycles. The summed E-state index contributed by atoms with van der Waals surface area (Å²) in [5, 5.41) is 3.33. The average molecular weight is 621 g/mol. The highest BCUT2D eigenvalue weighted by atomic mass is 79.9. The summed E-state index contributed by atoms with van der Waals surface area (Å²) in [6, 6.07) is 21.6. The van der Waals surface area contributed by atoms with Gasteiger partial charge in [-0.25, -0.2) is 8.42 Å². The van der Waals surface area contributed by atoms with E-state index < -0.39 is 28.5 Å². The Hall–Kier alpha value is -2.72. The standard InChI is InChI=1S/C28H31BrClN3O4S/c1-20(2)31-28(35)26(17-21-8-5-4-6-9-21)33(18-22-10-7-11-23(29)16-22)27(34)19-32(3)38(36,37)25-14-12-24(30)13-15-25/h4-16,20,26H,17-19H2,1-3H3,(H,31,35)/t26-/m1/s1. The molecule has 0 fully saturated rings. The Balaban J connectivity index is 1.97. The third-order valence-electron chi connectivity index (χ3n) is 5.82. The van der Waals surface area contributed by atoms with E-state index in [9.17, 15) is 18.0 Å². The third kappa shape index (κ3) is 8.14. The molecular formula is C28H31BrClN3O4S. The first-order valence-corrected chi connectivity index (χ1v) is 14.7. The number of benzene rings is 3. The highest BCUT2D eigenvalue weighted by molar-refractivity contribution is 9.10. The maximum Gasteiger partial charge on any atom is 0.243 e. The normalized spacial score (nSPS) is 12.4. The molecular weight excluding hydrogens is 590 g/mol. The SMILES string of the molecule is CC(C)NC(=O)[C@@H](Cc1ccccc1)N(Cc1cccc(Br)c1)C(=O)CN(C)S(=O)(=O)c1ccc(Cl)cc1. The van der Waals surface area contributed by atoms with Crippen molar-refractivity contribution in [3.63, 3.8) is 0 Å². The molecule has 0 unspecified atom stereocenters. The molecule has 38 heavy (non-hydrogen) atoms. The van der Waals surface area contributed by atoms with Crippen LogP contribution in [0.15, 0.2) is 88.2 Å². The molecule has 0 saturated heterocycles. The van der Waals surface area contributed by atoms with Crippen LogP contribution in [0.1, 0.15) is 25.0 Å². The van der Waals surface area contributed by atoms with E-state index in [1.807, 2.05) is 68.4 Å². The quantitative estimate of drug-likeness (QED) is 0.331. The molecule has 10 heteroatoms. The molecule has 202 valence electrons. The third-order valence-corrected chi connectivity index (χ3v) is 8.39. The van der Waals surface area contributed by atoms with Gasteiger partial charge in [-0.05, 0) is 61.4 Å². The summed E-state index contributed by atoms with van der Waals surface area (Å²) in [6.07, 6.45) is 0.271. The summed E-state index contributed by atoms with van der Waals surface area (Å²) in [5.74, 6) is -0.805. The van der Waals surface area contributed by atoms with Crippen LogP contribution < -0.4 is 5.32 Å². The molecule has 3 aromatic rings. The van der Waals surface area contributed by atoms with Crippen LogP contribution in [0, 0.1) is 0 Å². The Morgan fingerprint density at radius 1 is 0.947 bits per heavy atom. The number of nitrogens with zero attached hydrogens (tertiary/aromatic N) is 2. The lowest BCUT2D eigenvalue weighted by Crippen LogP contribution is -2.53. The topological polar surface area (TPSA) is 86.8 Å². The van der Waals surface area contributed by atoms with Crippen molar-refractivity contribution in [2.24, 2.45) is 0 Å². The van der Waals surface area contributed by atoms with Gasteiger partial charge < -0.3 is 10.2 Å². The predicted octanol–water partition coefficient (Wildman–Crippen LogP) is 4.89. The maximum absolute atomic E-state index is 13.8. The number of carbonyl (C=O) groups is 2. The highest BCUT2D eigenvalue weighted by Gasteiger charge is 2.33. The van der Waals surface area contributed by atoms with E-state index >= 15 is 0 Å². The van der Waals surface area contributed by atoms with Gasteiger partial charge >= 0.3 is 0 Å². The minimum Gasteiger partial charge on any atom is -0.352 e. The van der Waals surface area contributed by atoms with Gasteiger partial charge in [0.05, 0.1) is 11.4 Å². The Bertz CT molecular complexity index is 1350. The van der Waals surface area contributed by atoms with Crippen LogP contribution in [0.5, 0.6) is 0 Å². The number of hydrogen-bond donors (Lipinski definition) is 1. The molecule has 3 aromatic carbocycles. The van der Waals surface area contributed by atoms with Crippen molar-refractivity contribution in [1.29, 1.82) is 0 Å². The summed E-state index contributed by atoms with van der Waals surface area (Å²) < 4.78 is 28.2. The molecule has 0 aromatic heterocycles. The van der Waals surface area contributed by atoms with Crippen LogP contribution in [0.25, 0.3) is 0 Å². The van der Waals surface area contributed by atoms with Gasteiger partial charge in [-0.15, -0.1) is 0 Å². The van der Waals surface area contributed by atoms with Crippen molar-refractivity contribution >= 4 is 49.4 Å². The van der Waals surface area contributed by atoms with E-state index in [1.54, 1.807) is 0 Å². The minimum atomic E-state index is -3.97. The summed E-state index contributed by atoms with van der Waals surface area (Å²) in [4.78, 5) is 28.7. The van der Waals surface area contributed by atoms with Crippen molar-refractivity contribution < 1.29 is 18.0 Å². The Morgan fingerprint density at radius 3 is 2.18 bits per heavy atom. The van der Waals surface area contributed by atoms with E-state index in [4.69, 9.17) is 11.6 Å². The monoisotopic (exact) mass is 619 g/mol. The molecule has 0 radical (unpaired) electrons. The molecule has 0 bridgehead atoms. The van der Waals surface area contributed by atoms with Crippen LogP contribution in [-0.4, -0.2) is 55.1 Å². The highest BCUT2D eigenvalue weighted by Crippen LogP contribution is 2.21. The van der Waals surface area contributed by atoms with Gasteiger partial charge in [0.25, 0.3) is 0 Å². The molecule has 7 nitrogen and oxygen atoms in total. The van der Waals surface area contributed by atoms with Crippen LogP contribution in [0.2, 0.25) is 5.02 Å². The molecule has 3 rings (SSSR count). The van der Waals surface area contributed by atoms with Gasteiger partial charge in [-0.1, -0.05) is 70.0 Å². The first kappa shape index (κ1) is 29.8. The Morgan fingerprint density at radius 2 is 1.58 bits per heavy atom. The van der Waals surface area contributed by atoms with Crippen LogP contribution in [0.3, 0.4) is 0 Å². The minimum absolute atomic E-state index is 0.0223. The summed E-state index contributed by atoms with van der Waals surface area (Å²) in [6.45, 7) is 3.38. The number of amides is 2. The summed E-state index contributed by atoms with van der Waals surface area (Å²) >= 11 is 9.37. The second kappa shape index (κ2) is 13.4. The van der Waals surface area contributed by atoms with E-state index in [0.29, 0.717) is 5.02 Å². The molecule has 1 atom stereocenters. The zero-order chi connectivity index (χ0) is 27.9. The predicted molar refractivity (Wildman–Crippen MR) is 153 cm³/mol. The number of carbonyl (C=O) groups excluding carboxylic acids is 2. The smallest absolute Gasteiger partial charge is 0.243 e. The lowest BCUT2D eigenvalue weighted by Gasteiger charge is -2.33. The average Bonchev–Trinajstić information content (AvgIpc) is 2.86. The number of hydrogen-bond acceptors (Lipinski definition) is 4. The molecule has 2 amide bonds. The fourth-order valence-electron chi connectivity index (χ4n) is 3.92.